The number of carbonyl (C=O) groups is 4. The quantitative estimate of drug-likeness (QED) is 0.0137. The lowest BCUT2D eigenvalue weighted by molar-refractivity contribution is -0.146. The van der Waals surface area contributed by atoms with Gasteiger partial charge in [-0.3, -0.25) is 10.6 Å². The van der Waals surface area contributed by atoms with Gasteiger partial charge in [-0.2, -0.15) is 0 Å². The van der Waals surface area contributed by atoms with Crippen LogP contribution in [0.2, 0.25) is 20.1 Å². The lowest BCUT2D eigenvalue weighted by Gasteiger charge is -2.44. The van der Waals surface area contributed by atoms with Crippen molar-refractivity contribution in [2.45, 2.75) is 188 Å². The van der Waals surface area contributed by atoms with Gasteiger partial charge in [0, 0.05) is 57.3 Å². The van der Waals surface area contributed by atoms with E-state index in [2.05, 4.69) is 45.5 Å². The summed E-state index contributed by atoms with van der Waals surface area (Å²) in [5, 5.41) is 69.5. The highest BCUT2D eigenvalue weighted by atomic mass is 35.5. The Morgan fingerprint density at radius 3 is 1.02 bits per heavy atom. The summed E-state index contributed by atoms with van der Waals surface area (Å²) in [6.07, 6.45) is 14.2. The first-order valence-corrected chi connectivity index (χ1v) is 40.9. The monoisotopic (exact) mass is 1620 g/mol. The van der Waals surface area contributed by atoms with Crippen LogP contribution in [0.4, 0.5) is 0 Å². The molecule has 0 amide bonds. The Morgan fingerprint density at radius 1 is 0.398 bits per heavy atom. The molecule has 0 spiro atoms. The van der Waals surface area contributed by atoms with Gasteiger partial charge in [0.2, 0.25) is 0 Å². The standard InChI is InChI=1S/C42H46Cl2N2O7.2C24H30ClNO4/c43-33-13-5-11-31(23-33)42(51,32-12-6-14-34(44)24-32)41(45-35-15-1-7-27(19-35)29-9-3-17-37(21-29)52-25-39(47)48)46-36-16-2-8-28(20-36)30-10-4-18-38(22-30)53-26-40(49)50;2*1-2-29-24(28)16-30-22-11-5-7-18(14-22)17-6-4-10-21(13-17)26-15-23(27)19-8-3-9-20(25)12-19/h3-6,9-14,17-18,21-24,27-28,35-36,41,45-46,51H,1-2,7-8,15-16,19-20,25-26H2,(H,47,48)(H,49,50);2*3,5,7-9,11-12,14,17,21,23,26-27H,2,4,6,10,13,15-16H2,1H3/t27-,28+,35-,36+,41?;2*17-,21-,23?/m.10/s1. The molecule has 9 N–H and O–H groups in total. The number of esters is 2. The van der Waals surface area contributed by atoms with Crippen molar-refractivity contribution in [3.05, 3.63) is 259 Å². The van der Waals surface area contributed by atoms with Crippen LogP contribution in [0.5, 0.6) is 23.0 Å². The minimum atomic E-state index is -1.58. The van der Waals surface area contributed by atoms with Gasteiger partial charge in [0.15, 0.2) is 26.4 Å². The molecule has 4 fully saturated rings. The van der Waals surface area contributed by atoms with Crippen LogP contribution in [0.3, 0.4) is 0 Å². The molecule has 3 unspecified atom stereocenters. The minimum absolute atomic E-state index is 0.0298. The number of aliphatic carboxylic acids is 2. The lowest BCUT2D eigenvalue weighted by Crippen LogP contribution is -2.63. The van der Waals surface area contributed by atoms with Crippen LogP contribution in [0.15, 0.2) is 194 Å². The Balaban J connectivity index is 0.000000193. The Labute approximate surface area is 683 Å². The predicted molar refractivity (Wildman–Crippen MR) is 441 cm³/mol. The van der Waals surface area contributed by atoms with Gasteiger partial charge >= 0.3 is 23.9 Å². The van der Waals surface area contributed by atoms with Crippen LogP contribution in [-0.4, -0.2) is 132 Å². The topological polar surface area (TPSA) is 273 Å². The maximum atomic E-state index is 13.2. The van der Waals surface area contributed by atoms with E-state index in [0.29, 0.717) is 104 Å². The number of rotatable bonds is 33. The van der Waals surface area contributed by atoms with Gasteiger partial charge in [-0.05, 0) is 256 Å². The van der Waals surface area contributed by atoms with Crippen molar-refractivity contribution in [1.29, 1.82) is 0 Å². The second-order valence-corrected chi connectivity index (χ2v) is 31.3. The molecule has 11 atom stereocenters. The molecule has 0 radical (unpaired) electrons. The fourth-order valence-electron chi connectivity index (χ4n) is 16.0. The molecule has 0 bridgehead atoms. The molecule has 0 heterocycles. The van der Waals surface area contributed by atoms with Crippen LogP contribution in [0.1, 0.15) is 197 Å². The number of ether oxygens (including phenoxy) is 6. The highest BCUT2D eigenvalue weighted by molar-refractivity contribution is 6.31. The zero-order chi connectivity index (χ0) is 80.1. The summed E-state index contributed by atoms with van der Waals surface area (Å²) in [4.78, 5) is 45.3. The van der Waals surface area contributed by atoms with Crippen molar-refractivity contribution < 1.29 is 73.1 Å². The van der Waals surface area contributed by atoms with E-state index in [9.17, 15) is 34.5 Å². The van der Waals surface area contributed by atoms with Gasteiger partial charge < -0.3 is 64.6 Å². The minimum Gasteiger partial charge on any atom is -0.482 e. The van der Waals surface area contributed by atoms with Crippen molar-refractivity contribution in [1.82, 2.24) is 21.3 Å². The Morgan fingerprint density at radius 2 is 0.699 bits per heavy atom. The van der Waals surface area contributed by atoms with Crippen LogP contribution in [0, 0.1) is 0 Å². The van der Waals surface area contributed by atoms with E-state index in [1.807, 2.05) is 121 Å². The number of hydrogen-bond acceptors (Lipinski definition) is 17. The number of nitrogens with one attached hydrogen (secondary N) is 4. The van der Waals surface area contributed by atoms with E-state index in [0.717, 1.165) is 125 Å². The summed E-state index contributed by atoms with van der Waals surface area (Å²) in [5.74, 6) is 0.923. The maximum Gasteiger partial charge on any atom is 0.344 e. The third-order valence-electron chi connectivity index (χ3n) is 21.5. The molecule has 0 saturated heterocycles. The zero-order valence-electron chi connectivity index (χ0n) is 64.1. The fraction of sp³-hybridized carbons (Fsp3) is 0.422. The van der Waals surface area contributed by atoms with E-state index in [-0.39, 0.29) is 49.1 Å². The molecule has 19 nitrogen and oxygen atoms in total. The summed E-state index contributed by atoms with van der Waals surface area (Å²) in [6.45, 7) is 4.31. The highest BCUT2D eigenvalue weighted by Gasteiger charge is 2.44. The molecule has 4 aliphatic carbocycles. The molecule has 0 aliphatic heterocycles. The molecule has 8 aromatic rings. The lowest BCUT2D eigenvalue weighted by atomic mass is 9.78. The van der Waals surface area contributed by atoms with Crippen molar-refractivity contribution in [3.8, 4) is 23.0 Å². The van der Waals surface area contributed by atoms with Crippen LogP contribution in [-0.2, 0) is 34.3 Å². The van der Waals surface area contributed by atoms with Crippen molar-refractivity contribution in [3.63, 3.8) is 0 Å². The molecular formula is C90H106Cl4N4O15. The molecule has 4 aliphatic rings. The summed E-state index contributed by atoms with van der Waals surface area (Å²) < 4.78 is 32.0. The molecule has 604 valence electrons. The number of aliphatic hydroxyl groups excluding tert-OH is 2. The Bertz CT molecular complexity index is 4080. The molecule has 113 heavy (non-hydrogen) atoms. The first-order valence-electron chi connectivity index (χ1n) is 39.4. The molecule has 8 aromatic carbocycles. The van der Waals surface area contributed by atoms with Gasteiger partial charge in [0.25, 0.3) is 0 Å². The van der Waals surface area contributed by atoms with E-state index in [4.69, 9.17) is 85.0 Å². The molecule has 0 aromatic heterocycles. The fourth-order valence-corrected chi connectivity index (χ4v) is 16.8. The largest absolute Gasteiger partial charge is 0.482 e. The number of carbonyl (C=O) groups excluding carboxylic acids is 2. The molecule has 23 heteroatoms. The third kappa shape index (κ3) is 27.5. The number of carboxylic acid groups (broad SMARTS) is 2. The number of carboxylic acids is 2. The van der Waals surface area contributed by atoms with E-state index < -0.39 is 49.1 Å². The SMILES string of the molecule is CCOC(=O)COc1cccc([C@@H]2CCC[C@@H](NCC(O)c3cccc(Cl)c3)C2)c1.CCOC(=O)COc1cccc([C@H]2CCC[C@H](NCC(O)c3cccc(Cl)c3)C2)c1.O=C(O)COc1cccc([C@@H]2CCC[C@@H](NC(N[C@H]3CCC[C@H](c4cccc(OCC(=O)O)c4)C3)C(O)(c3cccc(Cl)c3)c3cccc(Cl)c3)C2)c1. The van der Waals surface area contributed by atoms with Gasteiger partial charge in [0.05, 0.1) is 31.6 Å². The number of aliphatic hydroxyl groups is 3. The summed E-state index contributed by atoms with van der Waals surface area (Å²) in [7, 11) is 0. The molecule has 4 saturated carbocycles. The molecular weight excluding hydrogens is 1520 g/mol. The van der Waals surface area contributed by atoms with Crippen LogP contribution >= 0.6 is 46.4 Å². The number of benzene rings is 8. The van der Waals surface area contributed by atoms with Crippen molar-refractivity contribution >= 4 is 70.3 Å². The second kappa shape index (κ2) is 44.6. The zero-order valence-corrected chi connectivity index (χ0v) is 67.2. The van der Waals surface area contributed by atoms with Gasteiger partial charge in [-0.1, -0.05) is 169 Å². The summed E-state index contributed by atoms with van der Waals surface area (Å²) in [5.41, 5.74) is 5.96. The van der Waals surface area contributed by atoms with E-state index >= 15 is 0 Å². The normalized spacial score (nSPS) is 20.4. The third-order valence-corrected chi connectivity index (χ3v) is 22.4. The van der Waals surface area contributed by atoms with E-state index in [1.54, 1.807) is 62.4 Å². The molecule has 12 rings (SSSR count). The maximum absolute atomic E-state index is 13.2. The first kappa shape index (κ1) is 87.1. The van der Waals surface area contributed by atoms with Crippen molar-refractivity contribution in [2.75, 3.05) is 52.7 Å². The summed E-state index contributed by atoms with van der Waals surface area (Å²) in [6, 6.07) is 61.4. The van der Waals surface area contributed by atoms with E-state index in [1.165, 1.54) is 11.1 Å². The van der Waals surface area contributed by atoms with Crippen LogP contribution < -0.4 is 40.2 Å². The number of halogens is 4. The van der Waals surface area contributed by atoms with Gasteiger partial charge in [-0.25, -0.2) is 19.2 Å². The van der Waals surface area contributed by atoms with Gasteiger partial charge in [-0.15, -0.1) is 0 Å². The first-order chi connectivity index (χ1) is 54.7. The number of hydrogen-bond donors (Lipinski definition) is 9. The highest BCUT2D eigenvalue weighted by Crippen LogP contribution is 2.42. The predicted octanol–water partition coefficient (Wildman–Crippen LogP) is 17.4. The summed E-state index contributed by atoms with van der Waals surface area (Å²) >= 11 is 25.2. The smallest absolute Gasteiger partial charge is 0.344 e. The average Bonchev–Trinajstić information content (AvgIpc) is 0.758. The van der Waals surface area contributed by atoms with Gasteiger partial charge in [0.1, 0.15) is 28.6 Å². The average molecular weight is 1630 g/mol. The Kier molecular flexibility index (Phi) is 34.3. The Hall–Kier alpha value is -8.28. The van der Waals surface area contributed by atoms with Crippen molar-refractivity contribution in [2.24, 2.45) is 0 Å². The second-order valence-electron chi connectivity index (χ2n) is 29.6. The van der Waals surface area contributed by atoms with Crippen LogP contribution in [0.25, 0.3) is 0 Å².